The number of alkyl halides is 1. The second-order valence-corrected chi connectivity index (χ2v) is 9.53. The van der Waals surface area contributed by atoms with Crippen LogP contribution in [0.2, 0.25) is 0 Å². The topological polar surface area (TPSA) is 0 Å². The van der Waals surface area contributed by atoms with Gasteiger partial charge in [0, 0.05) is 0 Å². The maximum Gasteiger partial charge on any atom is 0.0894 e. The third kappa shape index (κ3) is 2.76. The van der Waals surface area contributed by atoms with E-state index in [9.17, 15) is 4.39 Å². The van der Waals surface area contributed by atoms with Crippen LogP contribution in [0.5, 0.6) is 0 Å². The summed E-state index contributed by atoms with van der Waals surface area (Å²) in [7, 11) is 0. The lowest BCUT2D eigenvalue weighted by Gasteiger charge is -2.50. The summed E-state index contributed by atoms with van der Waals surface area (Å²) in [4.78, 5) is 0. The van der Waals surface area contributed by atoms with Gasteiger partial charge in [-0.05, 0) is 79.4 Å². The monoisotopic (exact) mass is 346 g/mol. The van der Waals surface area contributed by atoms with Crippen molar-refractivity contribution in [3.8, 4) is 0 Å². The van der Waals surface area contributed by atoms with Gasteiger partial charge in [0.25, 0.3) is 0 Å². The molecular weight excluding hydrogens is 307 g/mol. The van der Waals surface area contributed by atoms with Crippen molar-refractivity contribution in [1.29, 1.82) is 0 Å². The number of halogens is 1. The Kier molecular flexibility index (Phi) is 5.52. The van der Waals surface area contributed by atoms with Crippen LogP contribution >= 0.6 is 0 Å². The molecule has 3 fully saturated rings. The predicted molar refractivity (Wildman–Crippen MR) is 106 cm³/mol. The number of allylic oxidation sites excluding steroid dienone is 4. The summed E-state index contributed by atoms with van der Waals surface area (Å²) in [6, 6.07) is 0. The van der Waals surface area contributed by atoms with E-state index in [-0.39, 0.29) is 6.67 Å². The quantitative estimate of drug-likeness (QED) is 0.299. The van der Waals surface area contributed by atoms with E-state index in [0.717, 1.165) is 42.9 Å². The average Bonchev–Trinajstić information content (AvgIpc) is 3.08. The van der Waals surface area contributed by atoms with Gasteiger partial charge >= 0.3 is 0 Å². The Labute approximate surface area is 155 Å². The van der Waals surface area contributed by atoms with Gasteiger partial charge in [-0.2, -0.15) is 0 Å². The first-order valence-electron chi connectivity index (χ1n) is 10.9. The first-order chi connectivity index (χ1) is 11.9. The van der Waals surface area contributed by atoms with Crippen molar-refractivity contribution in [2.24, 2.45) is 34.5 Å². The summed E-state index contributed by atoms with van der Waals surface area (Å²) in [6.45, 7) is 12.1. The highest BCUT2D eigenvalue weighted by molar-refractivity contribution is 5.46. The molecule has 25 heavy (non-hydrogen) atoms. The summed E-state index contributed by atoms with van der Waals surface area (Å²) in [5.41, 5.74) is 4.41. The molecule has 6 atom stereocenters. The molecule has 4 rings (SSSR count). The molecular formula is C24H39F. The number of hydrogen-bond acceptors (Lipinski definition) is 0. The van der Waals surface area contributed by atoms with E-state index >= 15 is 0 Å². The van der Waals surface area contributed by atoms with Crippen LogP contribution in [0.15, 0.2) is 23.3 Å². The normalized spacial score (nSPS) is 40.6. The Balaban J connectivity index is 1.90. The molecule has 4 aliphatic rings. The molecule has 0 aromatic rings. The summed E-state index contributed by atoms with van der Waals surface area (Å²) in [5, 5.41) is 0. The van der Waals surface area contributed by atoms with Gasteiger partial charge in [-0.15, -0.1) is 0 Å². The van der Waals surface area contributed by atoms with Crippen molar-refractivity contribution in [3.63, 3.8) is 0 Å². The van der Waals surface area contributed by atoms with Gasteiger partial charge < -0.3 is 0 Å². The third-order valence-corrected chi connectivity index (χ3v) is 8.33. The molecule has 3 saturated carbocycles. The van der Waals surface area contributed by atoms with Gasteiger partial charge in [-0.3, -0.25) is 4.39 Å². The number of unbranched alkanes of at least 4 members (excludes halogenated alkanes) is 2. The van der Waals surface area contributed by atoms with Crippen LogP contribution in [0.25, 0.3) is 0 Å². The molecule has 0 aliphatic heterocycles. The van der Waals surface area contributed by atoms with E-state index in [2.05, 4.69) is 46.8 Å². The van der Waals surface area contributed by atoms with Crippen molar-refractivity contribution in [2.45, 2.75) is 86.0 Å². The summed E-state index contributed by atoms with van der Waals surface area (Å²) < 4.78 is 12.5. The third-order valence-electron chi connectivity index (χ3n) is 8.33. The standard InChI is InChI=1S/C24H39F/c1-6-11-18(7-2)19(12-9-8-10-15-25)22-20-16-23(22,4)21-14-13-17(3)24(20,21)5/h12,14,17-18,20,22H,6-11,13,15-16H2,1-5H3/b19-12+. The first-order valence-corrected chi connectivity index (χ1v) is 10.9. The molecule has 6 unspecified atom stereocenters. The summed E-state index contributed by atoms with van der Waals surface area (Å²) >= 11 is 0. The molecule has 0 aromatic heterocycles. The van der Waals surface area contributed by atoms with Crippen molar-refractivity contribution >= 4 is 0 Å². The van der Waals surface area contributed by atoms with Crippen molar-refractivity contribution < 1.29 is 4.39 Å². The van der Waals surface area contributed by atoms with Crippen LogP contribution in [0.4, 0.5) is 4.39 Å². The SMILES string of the molecule is CCCC(CC)/C(=C\CCCCF)C1C2CC1(C)C1=CCC(C)C12C. The summed E-state index contributed by atoms with van der Waals surface area (Å²) in [5.74, 6) is 3.15. The van der Waals surface area contributed by atoms with Gasteiger partial charge in [-0.25, -0.2) is 0 Å². The lowest BCUT2D eigenvalue weighted by Crippen LogP contribution is -2.44. The first kappa shape index (κ1) is 19.2. The smallest absolute Gasteiger partial charge is 0.0894 e. The Bertz CT molecular complexity index is 544. The zero-order valence-corrected chi connectivity index (χ0v) is 17.2. The van der Waals surface area contributed by atoms with Gasteiger partial charge in [-0.1, -0.05) is 64.3 Å². The second kappa shape index (κ2) is 7.20. The van der Waals surface area contributed by atoms with Gasteiger partial charge in [0.05, 0.1) is 6.67 Å². The highest BCUT2D eigenvalue weighted by atomic mass is 19.1. The van der Waals surface area contributed by atoms with Crippen LogP contribution in [-0.2, 0) is 0 Å². The maximum atomic E-state index is 12.5. The molecule has 0 spiro atoms. The van der Waals surface area contributed by atoms with Crippen LogP contribution in [-0.4, -0.2) is 6.67 Å². The Morgan fingerprint density at radius 1 is 1.32 bits per heavy atom. The highest BCUT2D eigenvalue weighted by Crippen LogP contribution is 2.79. The minimum absolute atomic E-state index is 0.165. The van der Waals surface area contributed by atoms with Crippen molar-refractivity contribution in [2.75, 3.05) is 6.67 Å². The minimum atomic E-state index is -0.165. The molecule has 0 radical (unpaired) electrons. The Hall–Kier alpha value is -0.590. The minimum Gasteiger partial charge on any atom is -0.251 e. The van der Waals surface area contributed by atoms with E-state index in [0.29, 0.717) is 10.8 Å². The van der Waals surface area contributed by atoms with E-state index in [1.807, 2.05) is 0 Å². The van der Waals surface area contributed by atoms with E-state index in [1.165, 1.54) is 32.1 Å². The largest absolute Gasteiger partial charge is 0.251 e. The fourth-order valence-corrected chi connectivity index (χ4v) is 6.87. The molecule has 0 saturated heterocycles. The molecule has 0 N–H and O–H groups in total. The predicted octanol–water partition coefficient (Wildman–Crippen LogP) is 7.51. The van der Waals surface area contributed by atoms with Crippen LogP contribution in [0, 0.1) is 34.5 Å². The fraction of sp³-hybridized carbons (Fsp3) is 0.833. The highest BCUT2D eigenvalue weighted by Gasteiger charge is 2.72. The maximum absolute atomic E-state index is 12.5. The van der Waals surface area contributed by atoms with Crippen molar-refractivity contribution in [1.82, 2.24) is 0 Å². The zero-order chi connectivity index (χ0) is 18.2. The fourth-order valence-electron chi connectivity index (χ4n) is 6.87. The van der Waals surface area contributed by atoms with Gasteiger partial charge in [0.1, 0.15) is 0 Å². The van der Waals surface area contributed by atoms with E-state index in [1.54, 1.807) is 11.1 Å². The van der Waals surface area contributed by atoms with Crippen molar-refractivity contribution in [3.05, 3.63) is 23.3 Å². The Morgan fingerprint density at radius 3 is 2.68 bits per heavy atom. The molecule has 0 nitrogen and oxygen atoms in total. The van der Waals surface area contributed by atoms with Gasteiger partial charge in [0.15, 0.2) is 0 Å². The molecule has 142 valence electrons. The van der Waals surface area contributed by atoms with Crippen LogP contribution < -0.4 is 0 Å². The van der Waals surface area contributed by atoms with E-state index < -0.39 is 0 Å². The molecule has 0 aromatic carbocycles. The molecule has 1 heteroatoms. The average molecular weight is 347 g/mol. The lowest BCUT2D eigenvalue weighted by atomic mass is 9.53. The summed E-state index contributed by atoms with van der Waals surface area (Å²) in [6.07, 6.45) is 14.5. The molecule has 4 aliphatic carbocycles. The number of rotatable bonds is 9. The second-order valence-electron chi connectivity index (χ2n) is 9.53. The molecule has 0 heterocycles. The zero-order valence-electron chi connectivity index (χ0n) is 17.2. The molecule has 2 bridgehead atoms. The van der Waals surface area contributed by atoms with Crippen LogP contribution in [0.3, 0.4) is 0 Å². The van der Waals surface area contributed by atoms with Crippen LogP contribution in [0.1, 0.15) is 86.0 Å². The lowest BCUT2D eigenvalue weighted by molar-refractivity contribution is 0.0355. The molecule has 0 amide bonds. The Morgan fingerprint density at radius 2 is 2.08 bits per heavy atom. The van der Waals surface area contributed by atoms with Gasteiger partial charge in [0.2, 0.25) is 0 Å². The van der Waals surface area contributed by atoms with E-state index in [4.69, 9.17) is 0 Å². The number of hydrogen-bond donors (Lipinski definition) is 0.